The van der Waals surface area contributed by atoms with Crippen LogP contribution in [0, 0.1) is 6.92 Å². The topological polar surface area (TPSA) is 77.3 Å². The number of nitrogens with zero attached hydrogens (tertiary/aromatic N) is 4. The molecule has 0 fully saturated rings. The third kappa shape index (κ3) is 3.97. The summed E-state index contributed by atoms with van der Waals surface area (Å²) < 4.78 is 6.92. The number of ether oxygens (including phenoxy) is 1. The second-order valence-electron chi connectivity index (χ2n) is 9.23. The summed E-state index contributed by atoms with van der Waals surface area (Å²) in [5.41, 5.74) is 5.93. The predicted octanol–water partition coefficient (Wildman–Crippen LogP) is 4.73. The van der Waals surface area contributed by atoms with Gasteiger partial charge in [-0.15, -0.1) is 0 Å². The summed E-state index contributed by atoms with van der Waals surface area (Å²) in [5, 5.41) is 5.21. The Morgan fingerprint density at radius 2 is 1.77 bits per heavy atom. The first kappa shape index (κ1) is 22.8. The van der Waals surface area contributed by atoms with Crippen molar-refractivity contribution in [2.75, 3.05) is 7.11 Å². The molecule has 178 valence electrons. The first-order valence-corrected chi connectivity index (χ1v) is 11.8. The fourth-order valence-corrected chi connectivity index (χ4v) is 4.81. The number of pyridine rings is 1. The average molecular weight is 469 g/mol. The van der Waals surface area contributed by atoms with Gasteiger partial charge < -0.3 is 9.64 Å². The molecule has 1 aliphatic rings. The van der Waals surface area contributed by atoms with Crippen molar-refractivity contribution >= 4 is 22.9 Å². The van der Waals surface area contributed by atoms with Crippen molar-refractivity contribution in [3.8, 4) is 11.3 Å². The first-order valence-electron chi connectivity index (χ1n) is 11.8. The molecule has 0 radical (unpaired) electrons. The fourth-order valence-electron chi connectivity index (χ4n) is 4.81. The monoisotopic (exact) mass is 468 g/mol. The van der Waals surface area contributed by atoms with E-state index in [9.17, 15) is 9.59 Å². The lowest BCUT2D eigenvalue weighted by Crippen LogP contribution is -2.49. The van der Waals surface area contributed by atoms with E-state index in [1.165, 1.54) is 7.11 Å². The number of rotatable bonds is 4. The molecular formula is C28H28N4O3. The minimum atomic E-state index is -0.701. The summed E-state index contributed by atoms with van der Waals surface area (Å²) in [6.45, 7) is 6.42. The van der Waals surface area contributed by atoms with E-state index in [1.807, 2.05) is 80.1 Å². The van der Waals surface area contributed by atoms with Crippen LogP contribution in [0.15, 0.2) is 60.8 Å². The summed E-state index contributed by atoms with van der Waals surface area (Å²) in [7, 11) is 1.36. The number of hydrogen-bond acceptors (Lipinski definition) is 5. The normalized spacial score (nSPS) is 15.3. The highest BCUT2D eigenvalue weighted by atomic mass is 16.5. The maximum absolute atomic E-state index is 14.2. The second-order valence-corrected chi connectivity index (χ2v) is 9.23. The molecule has 0 bridgehead atoms. The Morgan fingerprint density at radius 1 is 1.06 bits per heavy atom. The van der Waals surface area contributed by atoms with E-state index in [1.54, 1.807) is 11.1 Å². The van der Waals surface area contributed by atoms with Crippen molar-refractivity contribution in [3.05, 3.63) is 83.0 Å². The van der Waals surface area contributed by atoms with Gasteiger partial charge in [-0.3, -0.25) is 4.79 Å². The average Bonchev–Trinajstić information content (AvgIpc) is 3.31. The fraction of sp³-hybridized carbons (Fsp3) is 0.286. The Balaban J connectivity index is 1.68. The predicted molar refractivity (Wildman–Crippen MR) is 134 cm³/mol. The molecule has 0 aliphatic carbocycles. The van der Waals surface area contributed by atoms with Crippen LogP contribution < -0.4 is 0 Å². The molecule has 0 saturated carbocycles. The molecule has 0 saturated heterocycles. The van der Waals surface area contributed by atoms with Gasteiger partial charge in [0.15, 0.2) is 5.65 Å². The van der Waals surface area contributed by atoms with Gasteiger partial charge in [-0.1, -0.05) is 48.5 Å². The Bertz CT molecular complexity index is 1440. The summed E-state index contributed by atoms with van der Waals surface area (Å²) in [4.78, 5) is 33.5. The molecule has 1 amide bonds. The number of methoxy groups -OCH3 is 1. The first-order chi connectivity index (χ1) is 16.9. The van der Waals surface area contributed by atoms with Gasteiger partial charge in [0, 0.05) is 24.6 Å². The standard InChI is InChI=1S/C28H28N4O3/c1-17(2)32-26-23(15-29-32)22(14-24(30-26)21-12-8-5-9-18(21)3)27(33)31-16-20-11-7-6-10-19(20)13-25(31)28(34)35-4/h5-12,14-15,17,25H,13,16H2,1-4H3. The lowest BCUT2D eigenvalue weighted by atomic mass is 9.93. The van der Waals surface area contributed by atoms with E-state index in [0.717, 1.165) is 22.3 Å². The molecule has 1 aliphatic heterocycles. The highest BCUT2D eigenvalue weighted by Crippen LogP contribution is 2.31. The van der Waals surface area contributed by atoms with Crippen molar-refractivity contribution in [2.45, 2.75) is 45.8 Å². The van der Waals surface area contributed by atoms with Gasteiger partial charge >= 0.3 is 5.97 Å². The Labute approximate surface area is 204 Å². The molecule has 0 spiro atoms. The van der Waals surface area contributed by atoms with E-state index in [0.29, 0.717) is 35.3 Å². The molecule has 1 atom stereocenters. The van der Waals surface area contributed by atoms with Crippen LogP contribution in [0.2, 0.25) is 0 Å². The summed E-state index contributed by atoms with van der Waals surface area (Å²) in [6, 6.07) is 17.1. The number of amides is 1. The van der Waals surface area contributed by atoms with E-state index >= 15 is 0 Å². The van der Waals surface area contributed by atoms with Gasteiger partial charge in [0.05, 0.1) is 30.0 Å². The van der Waals surface area contributed by atoms with Gasteiger partial charge in [-0.05, 0) is 43.5 Å². The zero-order chi connectivity index (χ0) is 24.7. The highest BCUT2D eigenvalue weighted by molar-refractivity contribution is 6.07. The van der Waals surface area contributed by atoms with Gasteiger partial charge in [0.1, 0.15) is 6.04 Å². The molecule has 0 N–H and O–H groups in total. The van der Waals surface area contributed by atoms with Crippen LogP contribution in [0.1, 0.15) is 46.9 Å². The van der Waals surface area contributed by atoms with Crippen LogP contribution in [0.5, 0.6) is 0 Å². The number of carbonyl (C=O) groups excluding carboxylic acids is 2. The van der Waals surface area contributed by atoms with E-state index < -0.39 is 12.0 Å². The molecule has 35 heavy (non-hydrogen) atoms. The summed E-state index contributed by atoms with van der Waals surface area (Å²) in [5.74, 6) is -0.657. The SMILES string of the molecule is COC(=O)C1Cc2ccccc2CN1C(=O)c1cc(-c2ccccc2C)nc2c1cnn2C(C)C. The van der Waals surface area contributed by atoms with E-state index in [-0.39, 0.29) is 11.9 Å². The molecule has 2 aromatic carbocycles. The minimum Gasteiger partial charge on any atom is -0.467 e. The number of hydrogen-bond donors (Lipinski definition) is 0. The number of fused-ring (bicyclic) bond motifs is 2. The molecule has 3 heterocycles. The maximum atomic E-state index is 14.2. The molecule has 2 aromatic heterocycles. The largest absolute Gasteiger partial charge is 0.467 e. The summed E-state index contributed by atoms with van der Waals surface area (Å²) >= 11 is 0. The van der Waals surface area contributed by atoms with Crippen LogP contribution in [0.3, 0.4) is 0 Å². The lowest BCUT2D eigenvalue weighted by Gasteiger charge is -2.35. The molecule has 7 nitrogen and oxygen atoms in total. The second kappa shape index (κ2) is 8.98. The molecule has 7 heteroatoms. The van der Waals surface area contributed by atoms with Crippen molar-refractivity contribution < 1.29 is 14.3 Å². The van der Waals surface area contributed by atoms with Crippen molar-refractivity contribution in [1.82, 2.24) is 19.7 Å². The van der Waals surface area contributed by atoms with Crippen molar-refractivity contribution in [3.63, 3.8) is 0 Å². The zero-order valence-corrected chi connectivity index (χ0v) is 20.4. The lowest BCUT2D eigenvalue weighted by molar-refractivity contribution is -0.146. The van der Waals surface area contributed by atoms with Gasteiger partial charge in [-0.25, -0.2) is 14.5 Å². The molecular weight excluding hydrogens is 440 g/mol. The van der Waals surface area contributed by atoms with Crippen LogP contribution in [0.4, 0.5) is 0 Å². The maximum Gasteiger partial charge on any atom is 0.328 e. The number of esters is 1. The van der Waals surface area contributed by atoms with Gasteiger partial charge in [0.25, 0.3) is 5.91 Å². The van der Waals surface area contributed by atoms with Crippen molar-refractivity contribution in [1.29, 1.82) is 0 Å². The quantitative estimate of drug-likeness (QED) is 0.405. The highest BCUT2D eigenvalue weighted by Gasteiger charge is 2.36. The van der Waals surface area contributed by atoms with Crippen LogP contribution >= 0.6 is 0 Å². The minimum absolute atomic E-state index is 0.0692. The third-order valence-corrected chi connectivity index (χ3v) is 6.69. The third-order valence-electron chi connectivity index (χ3n) is 6.69. The molecule has 4 aromatic rings. The molecule has 1 unspecified atom stereocenters. The smallest absolute Gasteiger partial charge is 0.328 e. The van der Waals surface area contributed by atoms with E-state index in [2.05, 4.69) is 5.10 Å². The number of carbonyl (C=O) groups is 2. The van der Waals surface area contributed by atoms with Crippen LogP contribution in [0.25, 0.3) is 22.3 Å². The van der Waals surface area contributed by atoms with Crippen LogP contribution in [-0.2, 0) is 22.5 Å². The van der Waals surface area contributed by atoms with Crippen LogP contribution in [-0.4, -0.2) is 44.7 Å². The zero-order valence-electron chi connectivity index (χ0n) is 20.4. The number of aromatic nitrogens is 3. The Hall–Kier alpha value is -4.00. The summed E-state index contributed by atoms with van der Waals surface area (Å²) in [6.07, 6.45) is 2.11. The van der Waals surface area contributed by atoms with Gasteiger partial charge in [0.2, 0.25) is 0 Å². The van der Waals surface area contributed by atoms with E-state index in [4.69, 9.17) is 9.72 Å². The van der Waals surface area contributed by atoms with Gasteiger partial charge in [-0.2, -0.15) is 5.10 Å². The molecule has 5 rings (SSSR count). The van der Waals surface area contributed by atoms with Crippen molar-refractivity contribution in [2.24, 2.45) is 0 Å². The Kier molecular flexibility index (Phi) is 5.84. The number of aryl methyl sites for hydroxylation is 1. The number of benzene rings is 2. The Morgan fingerprint density at radius 3 is 2.49 bits per heavy atom.